The van der Waals surface area contributed by atoms with Crippen molar-refractivity contribution in [2.24, 2.45) is 0 Å². The van der Waals surface area contributed by atoms with Gasteiger partial charge in [-0.15, -0.1) is 0 Å². The highest BCUT2D eigenvalue weighted by Gasteiger charge is 2.38. The van der Waals surface area contributed by atoms with Crippen LogP contribution in [-0.2, 0) is 12.6 Å². The summed E-state index contributed by atoms with van der Waals surface area (Å²) in [5.41, 5.74) is 0.138. The molecule has 0 N–H and O–H groups in total. The lowest BCUT2D eigenvalue weighted by molar-refractivity contribution is -0.137. The van der Waals surface area contributed by atoms with Gasteiger partial charge in [0.25, 0.3) is 0 Å². The average Bonchev–Trinajstić information content (AvgIpc) is 2.52. The molecule has 0 aliphatic carbocycles. The van der Waals surface area contributed by atoms with Gasteiger partial charge in [-0.25, -0.2) is 0 Å². The summed E-state index contributed by atoms with van der Waals surface area (Å²) in [4.78, 5) is 4.76. The number of halogens is 4. The molecule has 1 heterocycles. The second-order valence-electron chi connectivity index (χ2n) is 7.59. The molecule has 1 aromatic carbocycles. The zero-order valence-corrected chi connectivity index (χ0v) is 16.2. The fourth-order valence-electron chi connectivity index (χ4n) is 3.67. The van der Waals surface area contributed by atoms with Gasteiger partial charge >= 0.3 is 6.18 Å². The maximum atomic E-state index is 12.8. The van der Waals surface area contributed by atoms with Gasteiger partial charge in [-0.2, -0.15) is 13.2 Å². The fourth-order valence-corrected chi connectivity index (χ4v) is 3.95. The monoisotopic (exact) mass is 376 g/mol. The standard InChI is InChI=1S/C19H28ClF3N2/c1-14(2)25-11-5-9-18(13-25,24(3)4)10-8-15-6-7-16(12-17(15)20)19(21,22)23/h6-7,12,14H,5,8-11,13H2,1-4H3/t18-/m0/s1. The lowest BCUT2D eigenvalue weighted by atomic mass is 9.82. The second-order valence-corrected chi connectivity index (χ2v) is 8.00. The van der Waals surface area contributed by atoms with E-state index in [-0.39, 0.29) is 10.6 Å². The molecule has 2 nitrogen and oxygen atoms in total. The Bertz CT molecular complexity index is 587. The number of rotatable bonds is 5. The highest BCUT2D eigenvalue weighted by atomic mass is 35.5. The molecule has 1 aromatic rings. The third-order valence-electron chi connectivity index (χ3n) is 5.50. The van der Waals surface area contributed by atoms with Crippen LogP contribution >= 0.6 is 11.6 Å². The van der Waals surface area contributed by atoms with Crippen LogP contribution < -0.4 is 0 Å². The van der Waals surface area contributed by atoms with E-state index in [4.69, 9.17) is 11.6 Å². The highest BCUT2D eigenvalue weighted by molar-refractivity contribution is 6.31. The van der Waals surface area contributed by atoms with Crippen LogP contribution in [0.5, 0.6) is 0 Å². The number of alkyl halides is 3. The Morgan fingerprint density at radius 3 is 2.48 bits per heavy atom. The van der Waals surface area contributed by atoms with Crippen molar-refractivity contribution in [1.82, 2.24) is 9.80 Å². The molecule has 6 heteroatoms. The average molecular weight is 377 g/mol. The zero-order valence-electron chi connectivity index (χ0n) is 15.5. The summed E-state index contributed by atoms with van der Waals surface area (Å²) in [7, 11) is 4.19. The van der Waals surface area contributed by atoms with Gasteiger partial charge in [0.2, 0.25) is 0 Å². The summed E-state index contributed by atoms with van der Waals surface area (Å²) in [5, 5.41) is 0.209. The van der Waals surface area contributed by atoms with E-state index >= 15 is 0 Å². The van der Waals surface area contributed by atoms with E-state index in [9.17, 15) is 13.2 Å². The van der Waals surface area contributed by atoms with Gasteiger partial charge in [0, 0.05) is 23.1 Å². The van der Waals surface area contributed by atoms with E-state index in [1.165, 1.54) is 6.07 Å². The molecule has 1 aliphatic rings. The van der Waals surface area contributed by atoms with Crippen LogP contribution in [0.25, 0.3) is 0 Å². The van der Waals surface area contributed by atoms with Gasteiger partial charge in [0.05, 0.1) is 5.56 Å². The molecule has 2 rings (SSSR count). The smallest absolute Gasteiger partial charge is 0.302 e. The van der Waals surface area contributed by atoms with Crippen molar-refractivity contribution in [2.45, 2.75) is 57.3 Å². The quantitative estimate of drug-likeness (QED) is 0.705. The first-order valence-electron chi connectivity index (χ1n) is 8.82. The SMILES string of the molecule is CC(C)N1CCC[C@@](CCc2ccc(C(F)(F)F)cc2Cl)(N(C)C)C1. The van der Waals surface area contributed by atoms with Crippen LogP contribution in [0.3, 0.4) is 0 Å². The summed E-state index contributed by atoms with van der Waals surface area (Å²) in [6.07, 6.45) is -0.553. The first-order chi connectivity index (χ1) is 11.5. The zero-order chi connectivity index (χ0) is 18.8. The molecule has 0 bridgehead atoms. The van der Waals surface area contributed by atoms with Crippen molar-refractivity contribution >= 4 is 11.6 Å². The van der Waals surface area contributed by atoms with Gasteiger partial charge in [-0.05, 0) is 77.9 Å². The lowest BCUT2D eigenvalue weighted by Crippen LogP contribution is -2.57. The topological polar surface area (TPSA) is 6.48 Å². The minimum Gasteiger partial charge on any atom is -0.302 e. The van der Waals surface area contributed by atoms with Crippen LogP contribution in [0.4, 0.5) is 13.2 Å². The molecular formula is C19H28ClF3N2. The van der Waals surface area contributed by atoms with Crippen molar-refractivity contribution in [3.63, 3.8) is 0 Å². The number of nitrogens with zero attached hydrogens (tertiary/aromatic N) is 2. The van der Waals surface area contributed by atoms with Gasteiger partial charge in [-0.1, -0.05) is 17.7 Å². The molecule has 0 aromatic heterocycles. The summed E-state index contributed by atoms with van der Waals surface area (Å²) in [5.74, 6) is 0. The van der Waals surface area contributed by atoms with Crippen LogP contribution in [0.1, 0.15) is 44.2 Å². The molecule has 1 aliphatic heterocycles. The van der Waals surface area contributed by atoms with E-state index in [1.807, 2.05) is 0 Å². The predicted molar refractivity (Wildman–Crippen MR) is 97.1 cm³/mol. The van der Waals surface area contributed by atoms with Crippen LogP contribution in [0.15, 0.2) is 18.2 Å². The van der Waals surface area contributed by atoms with Gasteiger partial charge in [0.1, 0.15) is 0 Å². The van der Waals surface area contributed by atoms with Crippen molar-refractivity contribution in [2.75, 3.05) is 27.2 Å². The molecule has 25 heavy (non-hydrogen) atoms. The third-order valence-corrected chi connectivity index (χ3v) is 5.86. The Kier molecular flexibility index (Phi) is 6.45. The first kappa shape index (κ1) is 20.5. The van der Waals surface area contributed by atoms with E-state index in [1.54, 1.807) is 0 Å². The Labute approximate surface area is 153 Å². The lowest BCUT2D eigenvalue weighted by Gasteiger charge is -2.48. The number of piperidine rings is 1. The molecular weight excluding hydrogens is 349 g/mol. The van der Waals surface area contributed by atoms with Gasteiger partial charge in [-0.3, -0.25) is 4.90 Å². The van der Waals surface area contributed by atoms with Crippen LogP contribution in [-0.4, -0.2) is 48.6 Å². The maximum Gasteiger partial charge on any atom is 0.416 e. The minimum atomic E-state index is -4.35. The Morgan fingerprint density at radius 1 is 1.28 bits per heavy atom. The molecule has 0 amide bonds. The molecule has 0 radical (unpaired) electrons. The van der Waals surface area contributed by atoms with Crippen molar-refractivity contribution < 1.29 is 13.2 Å². The van der Waals surface area contributed by atoms with E-state index in [0.717, 1.165) is 50.0 Å². The molecule has 1 fully saturated rings. The summed E-state index contributed by atoms with van der Waals surface area (Å²) < 4.78 is 38.4. The van der Waals surface area contributed by atoms with Crippen molar-refractivity contribution in [3.8, 4) is 0 Å². The van der Waals surface area contributed by atoms with Crippen molar-refractivity contribution in [1.29, 1.82) is 0 Å². The molecule has 0 spiro atoms. The molecule has 1 atom stereocenters. The van der Waals surface area contributed by atoms with Crippen LogP contribution in [0, 0.1) is 0 Å². The van der Waals surface area contributed by atoms with E-state index in [2.05, 4.69) is 37.7 Å². The first-order valence-corrected chi connectivity index (χ1v) is 9.20. The Balaban J connectivity index is 2.14. The number of likely N-dealkylation sites (N-methyl/N-ethyl adjacent to an activating group) is 1. The number of aryl methyl sites for hydroxylation is 1. The molecule has 0 saturated carbocycles. The van der Waals surface area contributed by atoms with Crippen molar-refractivity contribution in [3.05, 3.63) is 34.3 Å². The highest BCUT2D eigenvalue weighted by Crippen LogP contribution is 2.35. The van der Waals surface area contributed by atoms with E-state index in [0.29, 0.717) is 12.5 Å². The predicted octanol–water partition coefficient (Wildman–Crippen LogP) is 5.10. The largest absolute Gasteiger partial charge is 0.416 e. The summed E-state index contributed by atoms with van der Waals surface area (Å²) in [6, 6.07) is 4.19. The normalized spacial score (nSPS) is 22.8. The fraction of sp³-hybridized carbons (Fsp3) is 0.684. The van der Waals surface area contributed by atoms with E-state index < -0.39 is 11.7 Å². The number of hydrogen-bond acceptors (Lipinski definition) is 2. The molecule has 1 saturated heterocycles. The van der Waals surface area contributed by atoms with Gasteiger partial charge in [0.15, 0.2) is 0 Å². The maximum absolute atomic E-state index is 12.8. The summed E-state index contributed by atoms with van der Waals surface area (Å²) in [6.45, 7) is 6.50. The number of hydrogen-bond donors (Lipinski definition) is 0. The van der Waals surface area contributed by atoms with Crippen LogP contribution in [0.2, 0.25) is 5.02 Å². The number of benzene rings is 1. The Hall–Kier alpha value is -0.780. The minimum absolute atomic E-state index is 0.0363. The molecule has 142 valence electrons. The third kappa shape index (κ3) is 4.89. The number of likely N-dealkylation sites (tertiary alicyclic amines) is 1. The molecule has 0 unspecified atom stereocenters. The Morgan fingerprint density at radius 2 is 1.96 bits per heavy atom. The second kappa shape index (κ2) is 7.85. The summed E-state index contributed by atoms with van der Waals surface area (Å²) >= 11 is 6.13. The van der Waals surface area contributed by atoms with Gasteiger partial charge < -0.3 is 4.90 Å².